The quantitative estimate of drug-likeness (QED) is 0.495. The second-order valence-corrected chi connectivity index (χ2v) is 6.78. The molecule has 1 heterocycles. The van der Waals surface area contributed by atoms with Gasteiger partial charge >= 0.3 is 0 Å². The Balaban J connectivity index is 1.59. The van der Waals surface area contributed by atoms with Crippen LogP contribution in [0.25, 0.3) is 0 Å². The fourth-order valence-electron chi connectivity index (χ4n) is 3.03. The second-order valence-electron chi connectivity index (χ2n) is 6.78. The summed E-state index contributed by atoms with van der Waals surface area (Å²) in [6.07, 6.45) is 1.36. The Labute approximate surface area is 171 Å². The maximum absolute atomic E-state index is 11.3. The lowest BCUT2D eigenvalue weighted by atomic mass is 10.1. The number of aliphatic imine (C=N–C) groups is 1. The Morgan fingerprint density at radius 1 is 1.17 bits per heavy atom. The van der Waals surface area contributed by atoms with E-state index in [0.717, 1.165) is 30.2 Å². The number of carbonyl (C=O) groups excluding carboxylic acids is 1. The maximum Gasteiger partial charge on any atom is 0.220 e. The van der Waals surface area contributed by atoms with Crippen LogP contribution in [0.3, 0.4) is 0 Å². The molecule has 1 atom stereocenters. The molecule has 1 saturated heterocycles. The largest absolute Gasteiger partial charge is 0.493 e. The Bertz CT molecular complexity index is 826. The molecule has 1 aliphatic rings. The smallest absolute Gasteiger partial charge is 0.220 e. The van der Waals surface area contributed by atoms with E-state index in [1.54, 1.807) is 7.11 Å². The highest BCUT2D eigenvalue weighted by Gasteiger charge is 2.18. The van der Waals surface area contributed by atoms with Gasteiger partial charge in [0.05, 0.1) is 13.7 Å². The van der Waals surface area contributed by atoms with Gasteiger partial charge < -0.3 is 25.4 Å². The summed E-state index contributed by atoms with van der Waals surface area (Å²) in [6, 6.07) is 15.6. The van der Waals surface area contributed by atoms with Gasteiger partial charge in [0.25, 0.3) is 0 Å². The molecule has 7 heteroatoms. The van der Waals surface area contributed by atoms with Crippen molar-refractivity contribution in [1.82, 2.24) is 16.0 Å². The van der Waals surface area contributed by atoms with Crippen molar-refractivity contribution in [2.24, 2.45) is 4.99 Å². The van der Waals surface area contributed by atoms with Gasteiger partial charge in [0.15, 0.2) is 17.5 Å². The minimum absolute atomic E-state index is 0.112. The number of piperidine rings is 1. The Hall–Kier alpha value is -3.22. The molecule has 1 aliphatic heterocycles. The predicted molar refractivity (Wildman–Crippen MR) is 113 cm³/mol. The average Bonchev–Trinajstić information content (AvgIpc) is 2.75. The number of nitrogens with zero attached hydrogens (tertiary/aromatic N) is 1. The van der Waals surface area contributed by atoms with Crippen molar-refractivity contribution in [2.75, 3.05) is 20.2 Å². The molecule has 0 radical (unpaired) electrons. The van der Waals surface area contributed by atoms with Crippen LogP contribution in [0.2, 0.25) is 0 Å². The summed E-state index contributed by atoms with van der Waals surface area (Å²) in [5.41, 5.74) is 1.08. The van der Waals surface area contributed by atoms with E-state index in [2.05, 4.69) is 20.9 Å². The van der Waals surface area contributed by atoms with Crippen molar-refractivity contribution >= 4 is 11.9 Å². The van der Waals surface area contributed by atoms with Crippen LogP contribution in [0, 0.1) is 0 Å². The lowest BCUT2D eigenvalue weighted by Crippen LogP contribution is -2.51. The van der Waals surface area contributed by atoms with Crippen LogP contribution in [-0.4, -0.2) is 38.1 Å². The standard InChI is InChI=1S/C22H28N4O3/c1-3-23-22(26-17-10-13-21(27)24-15-17)25-14-16-8-11-18(12-9-16)29-20-7-5-4-6-19(20)28-2/h4-9,11-12,17H,3,10,13-15H2,1-2H3,(H,24,27)(H2,23,25,26). The monoisotopic (exact) mass is 396 g/mol. The number of para-hydroxylation sites is 2. The van der Waals surface area contributed by atoms with E-state index in [9.17, 15) is 4.79 Å². The maximum atomic E-state index is 11.3. The van der Waals surface area contributed by atoms with Crippen LogP contribution < -0.4 is 25.4 Å². The SMILES string of the molecule is CCNC(=NCc1ccc(Oc2ccccc2OC)cc1)NC1CCC(=O)NC1. The van der Waals surface area contributed by atoms with Gasteiger partial charge in [-0.05, 0) is 43.2 Å². The third kappa shape index (κ3) is 6.14. The normalized spacial score (nSPS) is 16.7. The molecule has 29 heavy (non-hydrogen) atoms. The first kappa shape index (κ1) is 20.5. The topological polar surface area (TPSA) is 84.0 Å². The summed E-state index contributed by atoms with van der Waals surface area (Å²) in [5.74, 6) is 2.98. The van der Waals surface area contributed by atoms with Crippen molar-refractivity contribution < 1.29 is 14.3 Å². The van der Waals surface area contributed by atoms with Crippen molar-refractivity contribution in [2.45, 2.75) is 32.4 Å². The molecular formula is C22H28N4O3. The van der Waals surface area contributed by atoms with Crippen LogP contribution in [0.15, 0.2) is 53.5 Å². The molecule has 0 aromatic heterocycles. The molecule has 0 aliphatic carbocycles. The molecular weight excluding hydrogens is 368 g/mol. The molecule has 3 N–H and O–H groups in total. The van der Waals surface area contributed by atoms with E-state index in [4.69, 9.17) is 9.47 Å². The Morgan fingerprint density at radius 2 is 1.93 bits per heavy atom. The Kier molecular flexibility index (Phi) is 7.33. The van der Waals surface area contributed by atoms with Crippen molar-refractivity contribution in [3.63, 3.8) is 0 Å². The molecule has 1 amide bonds. The number of amides is 1. The molecule has 7 nitrogen and oxygen atoms in total. The molecule has 0 bridgehead atoms. The van der Waals surface area contributed by atoms with E-state index in [-0.39, 0.29) is 11.9 Å². The van der Waals surface area contributed by atoms with E-state index in [1.165, 1.54) is 0 Å². The van der Waals surface area contributed by atoms with Gasteiger partial charge in [-0.3, -0.25) is 4.79 Å². The fourth-order valence-corrected chi connectivity index (χ4v) is 3.03. The number of benzene rings is 2. The van der Waals surface area contributed by atoms with Crippen molar-refractivity contribution in [3.05, 3.63) is 54.1 Å². The van der Waals surface area contributed by atoms with E-state index in [0.29, 0.717) is 31.0 Å². The van der Waals surface area contributed by atoms with Crippen LogP contribution >= 0.6 is 0 Å². The molecule has 2 aromatic rings. The highest BCUT2D eigenvalue weighted by molar-refractivity contribution is 5.81. The van der Waals surface area contributed by atoms with Gasteiger partial charge in [-0.25, -0.2) is 4.99 Å². The zero-order chi connectivity index (χ0) is 20.5. The van der Waals surface area contributed by atoms with E-state index < -0.39 is 0 Å². The van der Waals surface area contributed by atoms with Gasteiger partial charge in [-0.2, -0.15) is 0 Å². The van der Waals surface area contributed by atoms with Crippen molar-refractivity contribution in [1.29, 1.82) is 0 Å². The van der Waals surface area contributed by atoms with Crippen LogP contribution in [0.1, 0.15) is 25.3 Å². The van der Waals surface area contributed by atoms with E-state index >= 15 is 0 Å². The minimum Gasteiger partial charge on any atom is -0.493 e. The third-order valence-corrected chi connectivity index (χ3v) is 4.59. The number of carbonyl (C=O) groups is 1. The first-order chi connectivity index (χ1) is 14.2. The lowest BCUT2D eigenvalue weighted by Gasteiger charge is -2.25. The average molecular weight is 396 g/mol. The molecule has 2 aromatic carbocycles. The van der Waals surface area contributed by atoms with Gasteiger partial charge in [-0.1, -0.05) is 24.3 Å². The summed E-state index contributed by atoms with van der Waals surface area (Å²) in [6.45, 7) is 3.97. The predicted octanol–water partition coefficient (Wildman–Crippen LogP) is 2.82. The number of ether oxygens (including phenoxy) is 2. The number of methoxy groups -OCH3 is 1. The molecule has 0 spiro atoms. The van der Waals surface area contributed by atoms with Gasteiger partial charge in [0.2, 0.25) is 5.91 Å². The second kappa shape index (κ2) is 10.4. The first-order valence-electron chi connectivity index (χ1n) is 9.89. The van der Waals surface area contributed by atoms with E-state index in [1.807, 2.05) is 55.5 Å². The number of nitrogens with one attached hydrogen (secondary N) is 3. The molecule has 1 fully saturated rings. The summed E-state index contributed by atoms with van der Waals surface area (Å²) in [4.78, 5) is 16.0. The molecule has 1 unspecified atom stereocenters. The third-order valence-electron chi connectivity index (χ3n) is 4.59. The summed E-state index contributed by atoms with van der Waals surface area (Å²) < 4.78 is 11.2. The number of rotatable bonds is 7. The summed E-state index contributed by atoms with van der Waals surface area (Å²) >= 11 is 0. The number of hydrogen-bond donors (Lipinski definition) is 3. The van der Waals surface area contributed by atoms with Gasteiger partial charge in [-0.15, -0.1) is 0 Å². The lowest BCUT2D eigenvalue weighted by molar-refractivity contribution is -0.122. The van der Waals surface area contributed by atoms with Crippen LogP contribution in [0.4, 0.5) is 0 Å². The zero-order valence-electron chi connectivity index (χ0n) is 16.9. The Morgan fingerprint density at radius 3 is 2.59 bits per heavy atom. The molecule has 3 rings (SSSR count). The van der Waals surface area contributed by atoms with Gasteiger partial charge in [0.1, 0.15) is 5.75 Å². The fraction of sp³-hybridized carbons (Fsp3) is 0.364. The molecule has 154 valence electrons. The van der Waals surface area contributed by atoms with Crippen LogP contribution in [0.5, 0.6) is 17.2 Å². The minimum atomic E-state index is 0.112. The van der Waals surface area contributed by atoms with Crippen molar-refractivity contribution in [3.8, 4) is 17.2 Å². The highest BCUT2D eigenvalue weighted by Crippen LogP contribution is 2.30. The summed E-state index contributed by atoms with van der Waals surface area (Å²) in [7, 11) is 1.63. The zero-order valence-corrected chi connectivity index (χ0v) is 16.9. The molecule has 0 saturated carbocycles. The van der Waals surface area contributed by atoms with Gasteiger partial charge in [0, 0.05) is 25.6 Å². The highest BCUT2D eigenvalue weighted by atomic mass is 16.5. The van der Waals surface area contributed by atoms with Crippen LogP contribution in [-0.2, 0) is 11.3 Å². The first-order valence-corrected chi connectivity index (χ1v) is 9.89. The summed E-state index contributed by atoms with van der Waals surface area (Å²) in [5, 5.41) is 9.53. The number of guanidine groups is 1. The number of hydrogen-bond acceptors (Lipinski definition) is 4.